The van der Waals surface area contributed by atoms with E-state index < -0.39 is 8.07 Å². The molecule has 6 heteroatoms. The third-order valence-electron chi connectivity index (χ3n) is 4.08. The van der Waals surface area contributed by atoms with Crippen LogP contribution in [0.5, 0.6) is 5.75 Å². The topological polar surface area (TPSA) is 47.9 Å². The van der Waals surface area contributed by atoms with Crippen molar-refractivity contribution >= 4 is 37.0 Å². The van der Waals surface area contributed by atoms with Gasteiger partial charge in [0, 0.05) is 19.2 Å². The molecule has 0 bridgehead atoms. The first-order chi connectivity index (χ1) is 12.3. The zero-order chi connectivity index (χ0) is 18.7. The van der Waals surface area contributed by atoms with Crippen LogP contribution >= 0.6 is 11.6 Å². The quantitative estimate of drug-likeness (QED) is 0.513. The third kappa shape index (κ3) is 4.74. The van der Waals surface area contributed by atoms with E-state index in [1.54, 1.807) is 24.3 Å². The van der Waals surface area contributed by atoms with Crippen LogP contribution in [0.1, 0.15) is 15.9 Å². The van der Waals surface area contributed by atoms with E-state index in [2.05, 4.69) is 24.6 Å². The first kappa shape index (κ1) is 18.7. The molecule has 2 aromatic rings. The van der Waals surface area contributed by atoms with E-state index in [1.165, 1.54) is 0 Å². The molecule has 0 fully saturated rings. The van der Waals surface area contributed by atoms with E-state index in [0.717, 1.165) is 23.0 Å². The van der Waals surface area contributed by atoms with Gasteiger partial charge in [-0.15, -0.1) is 0 Å². The predicted octanol–water partition coefficient (Wildman–Crippen LogP) is 5.35. The van der Waals surface area contributed by atoms with Crippen LogP contribution in [0.2, 0.25) is 30.7 Å². The van der Waals surface area contributed by atoms with Crippen molar-refractivity contribution in [2.75, 3.05) is 13.2 Å². The van der Waals surface area contributed by atoms with E-state index in [4.69, 9.17) is 21.1 Å². The Kier molecular flexibility index (Phi) is 5.49. The molecule has 0 spiro atoms. The fraction of sp³-hybridized carbons (Fsp3) is 0.300. The summed E-state index contributed by atoms with van der Waals surface area (Å²) < 4.78 is 11.1. The highest BCUT2D eigenvalue weighted by Crippen LogP contribution is 2.33. The van der Waals surface area contributed by atoms with Crippen LogP contribution in [-0.2, 0) is 4.74 Å². The molecule has 0 N–H and O–H groups in total. The summed E-state index contributed by atoms with van der Waals surface area (Å²) in [4.78, 5) is 16.8. The number of ether oxygens (including phenoxy) is 2. The summed E-state index contributed by atoms with van der Waals surface area (Å²) in [5.41, 5.74) is 3.04. The molecule has 0 aromatic heterocycles. The van der Waals surface area contributed by atoms with Gasteiger partial charge in [0.2, 0.25) is 0 Å². The molecule has 136 valence electrons. The average molecular weight is 388 g/mol. The van der Waals surface area contributed by atoms with Crippen molar-refractivity contribution in [3.8, 4) is 5.75 Å². The number of carbonyl (C=O) groups is 1. The van der Waals surface area contributed by atoms with Crippen LogP contribution in [0.4, 0.5) is 5.69 Å². The van der Waals surface area contributed by atoms with Crippen LogP contribution in [0, 0.1) is 0 Å². The van der Waals surface area contributed by atoms with Crippen LogP contribution in [0.15, 0.2) is 47.5 Å². The van der Waals surface area contributed by atoms with Crippen molar-refractivity contribution in [1.82, 2.24) is 0 Å². The normalized spacial score (nSPS) is 13.5. The Morgan fingerprint density at radius 1 is 1.19 bits per heavy atom. The molecule has 4 nitrogen and oxygen atoms in total. The van der Waals surface area contributed by atoms with Gasteiger partial charge >= 0.3 is 5.97 Å². The highest BCUT2D eigenvalue weighted by atomic mass is 35.5. The highest BCUT2D eigenvalue weighted by Gasteiger charge is 2.17. The highest BCUT2D eigenvalue weighted by molar-refractivity contribution is 6.76. The number of carbonyl (C=O) groups excluding carboxylic acids is 1. The van der Waals surface area contributed by atoms with Gasteiger partial charge in [0.1, 0.15) is 18.0 Å². The van der Waals surface area contributed by atoms with Gasteiger partial charge in [-0.2, -0.15) is 0 Å². The second-order valence-corrected chi connectivity index (χ2v) is 13.5. The molecule has 0 aliphatic carbocycles. The van der Waals surface area contributed by atoms with Crippen LogP contribution in [0.3, 0.4) is 0 Å². The molecule has 0 saturated carbocycles. The van der Waals surface area contributed by atoms with Gasteiger partial charge in [-0.05, 0) is 35.9 Å². The van der Waals surface area contributed by atoms with E-state index in [0.29, 0.717) is 29.5 Å². The van der Waals surface area contributed by atoms with E-state index in [9.17, 15) is 4.79 Å². The molecule has 26 heavy (non-hydrogen) atoms. The Hall–Kier alpha value is -2.11. The number of rotatable bonds is 5. The fourth-order valence-corrected chi connectivity index (χ4v) is 3.38. The molecule has 0 saturated heterocycles. The van der Waals surface area contributed by atoms with Crippen LogP contribution in [-0.4, -0.2) is 33.0 Å². The summed E-state index contributed by atoms with van der Waals surface area (Å²) in [5, 5.41) is 0.624. The zero-order valence-corrected chi connectivity index (χ0v) is 17.0. The van der Waals surface area contributed by atoms with Crippen molar-refractivity contribution in [2.24, 2.45) is 4.99 Å². The molecule has 3 rings (SSSR count). The maximum atomic E-state index is 12.1. The number of esters is 1. The van der Waals surface area contributed by atoms with E-state index in [-0.39, 0.29) is 5.97 Å². The fourth-order valence-electron chi connectivity index (χ4n) is 2.50. The van der Waals surface area contributed by atoms with Gasteiger partial charge in [-0.25, -0.2) is 9.79 Å². The molecular weight excluding hydrogens is 366 g/mol. The van der Waals surface area contributed by atoms with Gasteiger partial charge in [0.15, 0.2) is 0 Å². The van der Waals surface area contributed by atoms with Gasteiger partial charge in [0.05, 0.1) is 17.9 Å². The smallest absolute Gasteiger partial charge is 0.338 e. The predicted molar refractivity (Wildman–Crippen MR) is 108 cm³/mol. The molecule has 0 amide bonds. The lowest BCUT2D eigenvalue weighted by molar-refractivity contribution is 0.0525. The number of halogens is 1. The molecule has 0 unspecified atom stereocenters. The number of hydrogen-bond donors (Lipinski definition) is 0. The second-order valence-electron chi connectivity index (χ2n) is 7.48. The number of aliphatic imine (C=N–C) groups is 1. The Morgan fingerprint density at radius 2 is 1.92 bits per heavy atom. The van der Waals surface area contributed by atoms with E-state index in [1.807, 2.05) is 18.2 Å². The Morgan fingerprint density at radius 3 is 2.62 bits per heavy atom. The van der Waals surface area contributed by atoms with Crippen molar-refractivity contribution in [3.63, 3.8) is 0 Å². The molecular formula is C20H22ClNO3Si. The zero-order valence-electron chi connectivity index (χ0n) is 15.2. The summed E-state index contributed by atoms with van der Waals surface area (Å²) in [7, 11) is -1.20. The minimum atomic E-state index is -1.20. The van der Waals surface area contributed by atoms with Gasteiger partial charge < -0.3 is 9.47 Å². The Balaban J connectivity index is 1.68. The van der Waals surface area contributed by atoms with Gasteiger partial charge in [0.25, 0.3) is 0 Å². The van der Waals surface area contributed by atoms with Gasteiger partial charge in [-0.1, -0.05) is 43.4 Å². The van der Waals surface area contributed by atoms with Gasteiger partial charge in [-0.3, -0.25) is 0 Å². The Bertz CT molecular complexity index is 841. The molecule has 1 heterocycles. The molecule has 1 aliphatic heterocycles. The number of hydrogen-bond acceptors (Lipinski definition) is 4. The Labute approximate surface area is 159 Å². The van der Waals surface area contributed by atoms with Crippen molar-refractivity contribution in [3.05, 3.63) is 58.6 Å². The minimum Gasteiger partial charge on any atom is -0.485 e. The average Bonchev–Trinajstić information content (AvgIpc) is 2.60. The second kappa shape index (κ2) is 7.64. The van der Waals surface area contributed by atoms with Crippen LogP contribution < -0.4 is 4.74 Å². The summed E-state index contributed by atoms with van der Waals surface area (Å²) >= 11 is 5.97. The lowest BCUT2D eigenvalue weighted by Crippen LogP contribution is -2.22. The third-order valence-corrected chi connectivity index (χ3v) is 6.02. The van der Waals surface area contributed by atoms with Crippen molar-refractivity contribution in [2.45, 2.75) is 25.7 Å². The number of benzene rings is 2. The molecule has 0 radical (unpaired) electrons. The maximum absolute atomic E-state index is 12.1. The minimum absolute atomic E-state index is 0.281. The van der Waals surface area contributed by atoms with Crippen molar-refractivity contribution in [1.29, 1.82) is 0 Å². The van der Waals surface area contributed by atoms with E-state index >= 15 is 0 Å². The lowest BCUT2D eigenvalue weighted by atomic mass is 10.1. The first-order valence-electron chi connectivity index (χ1n) is 8.59. The number of nitrogens with zero attached hydrogens (tertiary/aromatic N) is 1. The van der Waals surface area contributed by atoms with Crippen molar-refractivity contribution < 1.29 is 14.3 Å². The summed E-state index contributed by atoms with van der Waals surface area (Å²) in [6.45, 7) is 7.63. The standard InChI is InChI=1S/C20H22ClNO3Si/c1-26(2,3)11-10-24-20(23)15-6-4-14(5-7-15)18-13-25-19-12-16(21)8-9-17(19)22-18/h4-9,12H,10-11,13H2,1-3H3. The summed E-state index contributed by atoms with van der Waals surface area (Å²) in [6, 6.07) is 13.6. The summed E-state index contributed by atoms with van der Waals surface area (Å²) in [6.07, 6.45) is 0. The monoisotopic (exact) mass is 387 g/mol. The maximum Gasteiger partial charge on any atom is 0.338 e. The first-order valence-corrected chi connectivity index (χ1v) is 12.7. The largest absolute Gasteiger partial charge is 0.485 e. The molecule has 2 aromatic carbocycles. The summed E-state index contributed by atoms with van der Waals surface area (Å²) in [5.74, 6) is 0.403. The molecule has 1 aliphatic rings. The SMILES string of the molecule is C[Si](C)(C)CCOC(=O)c1ccc(C2=Nc3ccc(Cl)cc3OC2)cc1. The van der Waals surface area contributed by atoms with Crippen LogP contribution in [0.25, 0.3) is 0 Å². The molecule has 0 atom stereocenters. The lowest BCUT2D eigenvalue weighted by Gasteiger charge is -2.17. The number of fused-ring (bicyclic) bond motifs is 1.